The largest absolute Gasteiger partial charge is 0.352 e. The van der Waals surface area contributed by atoms with Crippen LogP contribution >= 0.6 is 0 Å². The minimum atomic E-state index is -0.0521. The number of anilines is 1. The second-order valence-corrected chi connectivity index (χ2v) is 6.32. The van der Waals surface area contributed by atoms with Crippen LogP contribution in [0.4, 0.5) is 5.95 Å². The summed E-state index contributed by atoms with van der Waals surface area (Å²) in [6.45, 7) is 2.49. The Morgan fingerprint density at radius 3 is 2.96 bits per heavy atom. The van der Waals surface area contributed by atoms with Crippen LogP contribution in [0.25, 0.3) is 5.65 Å². The number of carbonyl (C=O) groups excluding carboxylic acids is 1. The maximum absolute atomic E-state index is 12.4. The second-order valence-electron chi connectivity index (χ2n) is 6.32. The van der Waals surface area contributed by atoms with E-state index in [0.717, 1.165) is 37.5 Å². The standard InChI is InChI=1S/C18H20N6O/c25-17(15-4-5-16-19-8-10-23(16)13-15)22-11-14-3-1-9-24(12-14)18-20-6-2-7-21-18/h2,4-8,10,13-14H,1,3,9,11-12H2,(H,22,25). The fourth-order valence-electron chi connectivity index (χ4n) is 3.26. The Labute approximate surface area is 145 Å². The zero-order chi connectivity index (χ0) is 17.1. The van der Waals surface area contributed by atoms with E-state index >= 15 is 0 Å². The molecule has 7 heteroatoms. The molecule has 1 aliphatic rings. The molecule has 0 saturated carbocycles. The molecule has 4 rings (SSSR count). The van der Waals surface area contributed by atoms with Gasteiger partial charge in [0, 0.05) is 50.6 Å². The fourth-order valence-corrected chi connectivity index (χ4v) is 3.26. The van der Waals surface area contributed by atoms with Gasteiger partial charge in [-0.15, -0.1) is 0 Å². The molecule has 1 saturated heterocycles. The van der Waals surface area contributed by atoms with Crippen LogP contribution < -0.4 is 10.2 Å². The van der Waals surface area contributed by atoms with Crippen molar-refractivity contribution >= 4 is 17.5 Å². The van der Waals surface area contributed by atoms with Gasteiger partial charge in [-0.1, -0.05) is 0 Å². The van der Waals surface area contributed by atoms with E-state index in [2.05, 4.69) is 25.2 Å². The van der Waals surface area contributed by atoms with E-state index in [4.69, 9.17) is 0 Å². The first-order valence-corrected chi connectivity index (χ1v) is 8.52. The third-order valence-electron chi connectivity index (χ3n) is 4.56. The van der Waals surface area contributed by atoms with Crippen LogP contribution in [-0.4, -0.2) is 44.9 Å². The molecule has 25 heavy (non-hydrogen) atoms. The number of rotatable bonds is 4. The summed E-state index contributed by atoms with van der Waals surface area (Å²) in [6, 6.07) is 5.48. The first-order chi connectivity index (χ1) is 12.3. The van der Waals surface area contributed by atoms with E-state index in [9.17, 15) is 4.79 Å². The lowest BCUT2D eigenvalue weighted by Crippen LogP contribution is -2.41. The van der Waals surface area contributed by atoms with Gasteiger partial charge in [0.1, 0.15) is 5.65 Å². The van der Waals surface area contributed by atoms with Crippen molar-refractivity contribution in [2.75, 3.05) is 24.5 Å². The van der Waals surface area contributed by atoms with E-state index in [1.54, 1.807) is 18.6 Å². The van der Waals surface area contributed by atoms with Crippen molar-refractivity contribution in [1.29, 1.82) is 0 Å². The minimum Gasteiger partial charge on any atom is -0.352 e. The Kier molecular flexibility index (Phi) is 4.28. The molecule has 1 amide bonds. The van der Waals surface area contributed by atoms with E-state index < -0.39 is 0 Å². The van der Waals surface area contributed by atoms with Crippen molar-refractivity contribution in [3.8, 4) is 0 Å². The number of nitrogens with zero attached hydrogens (tertiary/aromatic N) is 5. The van der Waals surface area contributed by atoms with Crippen LogP contribution in [0.3, 0.4) is 0 Å². The highest BCUT2D eigenvalue weighted by atomic mass is 16.1. The normalized spacial score (nSPS) is 17.6. The molecule has 0 aliphatic carbocycles. The van der Waals surface area contributed by atoms with E-state index in [0.29, 0.717) is 18.0 Å². The van der Waals surface area contributed by atoms with Crippen LogP contribution in [0.2, 0.25) is 0 Å². The van der Waals surface area contributed by atoms with Gasteiger partial charge in [0.15, 0.2) is 0 Å². The number of nitrogens with one attached hydrogen (secondary N) is 1. The summed E-state index contributed by atoms with van der Waals surface area (Å²) in [5.41, 5.74) is 1.48. The van der Waals surface area contributed by atoms with Crippen molar-refractivity contribution in [2.24, 2.45) is 5.92 Å². The molecule has 1 unspecified atom stereocenters. The molecule has 1 fully saturated rings. The summed E-state index contributed by atoms with van der Waals surface area (Å²) < 4.78 is 1.85. The maximum Gasteiger partial charge on any atom is 0.252 e. The summed E-state index contributed by atoms with van der Waals surface area (Å²) >= 11 is 0. The number of carbonyl (C=O) groups is 1. The molecular formula is C18H20N6O. The first-order valence-electron chi connectivity index (χ1n) is 8.52. The number of pyridine rings is 1. The predicted octanol–water partition coefficient (Wildman–Crippen LogP) is 1.77. The fraction of sp³-hybridized carbons (Fsp3) is 0.333. The molecule has 3 aromatic heterocycles. The maximum atomic E-state index is 12.4. The molecule has 0 radical (unpaired) electrons. The van der Waals surface area contributed by atoms with Crippen molar-refractivity contribution in [1.82, 2.24) is 24.7 Å². The Bertz CT molecular complexity index is 862. The zero-order valence-corrected chi connectivity index (χ0v) is 13.9. The molecule has 3 aromatic rings. The lowest BCUT2D eigenvalue weighted by molar-refractivity contribution is 0.0945. The highest BCUT2D eigenvalue weighted by molar-refractivity contribution is 5.94. The van der Waals surface area contributed by atoms with Gasteiger partial charge in [0.2, 0.25) is 5.95 Å². The number of imidazole rings is 1. The van der Waals surface area contributed by atoms with Gasteiger partial charge in [0.25, 0.3) is 5.91 Å². The SMILES string of the molecule is O=C(NCC1CCCN(c2ncccn2)C1)c1ccc2nccn2c1. The third kappa shape index (κ3) is 3.45. The van der Waals surface area contributed by atoms with Gasteiger partial charge in [-0.3, -0.25) is 4.79 Å². The van der Waals surface area contributed by atoms with Gasteiger partial charge in [-0.25, -0.2) is 15.0 Å². The summed E-state index contributed by atoms with van der Waals surface area (Å²) in [6.07, 6.45) is 11.1. The molecule has 1 atom stereocenters. The van der Waals surface area contributed by atoms with Gasteiger partial charge < -0.3 is 14.6 Å². The lowest BCUT2D eigenvalue weighted by atomic mass is 9.98. The monoisotopic (exact) mass is 336 g/mol. The number of amides is 1. The molecule has 0 aromatic carbocycles. The lowest BCUT2D eigenvalue weighted by Gasteiger charge is -2.32. The topological polar surface area (TPSA) is 75.4 Å². The van der Waals surface area contributed by atoms with Gasteiger partial charge in [-0.05, 0) is 37.0 Å². The highest BCUT2D eigenvalue weighted by Crippen LogP contribution is 2.19. The van der Waals surface area contributed by atoms with Crippen LogP contribution in [0.5, 0.6) is 0 Å². The minimum absolute atomic E-state index is 0.0521. The van der Waals surface area contributed by atoms with E-state index in [1.807, 2.05) is 35.0 Å². The average molecular weight is 336 g/mol. The number of piperidine rings is 1. The highest BCUT2D eigenvalue weighted by Gasteiger charge is 2.22. The van der Waals surface area contributed by atoms with Crippen molar-refractivity contribution < 1.29 is 4.79 Å². The van der Waals surface area contributed by atoms with Crippen LogP contribution in [0, 0.1) is 5.92 Å². The van der Waals surface area contributed by atoms with Crippen LogP contribution in [0.15, 0.2) is 49.2 Å². The van der Waals surface area contributed by atoms with Gasteiger partial charge in [-0.2, -0.15) is 0 Å². The van der Waals surface area contributed by atoms with Gasteiger partial charge in [0.05, 0.1) is 5.56 Å². The van der Waals surface area contributed by atoms with E-state index in [-0.39, 0.29) is 5.91 Å². The zero-order valence-electron chi connectivity index (χ0n) is 13.9. The Balaban J connectivity index is 1.36. The summed E-state index contributed by atoms with van der Waals surface area (Å²) in [5.74, 6) is 1.12. The molecular weight excluding hydrogens is 316 g/mol. The Morgan fingerprint density at radius 1 is 1.20 bits per heavy atom. The molecule has 128 valence electrons. The van der Waals surface area contributed by atoms with Crippen molar-refractivity contribution in [2.45, 2.75) is 12.8 Å². The molecule has 4 heterocycles. The number of hydrogen-bond acceptors (Lipinski definition) is 5. The summed E-state index contributed by atoms with van der Waals surface area (Å²) in [7, 11) is 0. The van der Waals surface area contributed by atoms with Crippen molar-refractivity contribution in [3.05, 3.63) is 54.7 Å². The van der Waals surface area contributed by atoms with Gasteiger partial charge >= 0.3 is 0 Å². The molecule has 0 spiro atoms. The second kappa shape index (κ2) is 6.88. The Hall–Kier alpha value is -2.96. The smallest absolute Gasteiger partial charge is 0.252 e. The summed E-state index contributed by atoms with van der Waals surface area (Å²) in [4.78, 5) is 27.4. The quantitative estimate of drug-likeness (QED) is 0.786. The van der Waals surface area contributed by atoms with E-state index in [1.165, 1.54) is 0 Å². The van der Waals surface area contributed by atoms with Crippen molar-refractivity contribution in [3.63, 3.8) is 0 Å². The number of hydrogen-bond donors (Lipinski definition) is 1. The number of fused-ring (bicyclic) bond motifs is 1. The Morgan fingerprint density at radius 2 is 2.08 bits per heavy atom. The molecule has 1 N–H and O–H groups in total. The summed E-state index contributed by atoms with van der Waals surface area (Å²) in [5, 5.41) is 3.06. The first kappa shape index (κ1) is 15.6. The molecule has 7 nitrogen and oxygen atoms in total. The number of aromatic nitrogens is 4. The third-order valence-corrected chi connectivity index (χ3v) is 4.56. The van der Waals surface area contributed by atoms with Crippen LogP contribution in [0.1, 0.15) is 23.2 Å². The van der Waals surface area contributed by atoms with Crippen LogP contribution in [-0.2, 0) is 0 Å². The predicted molar refractivity (Wildman–Crippen MR) is 94.5 cm³/mol. The average Bonchev–Trinajstić information content (AvgIpc) is 3.15. The molecule has 1 aliphatic heterocycles. The molecule has 0 bridgehead atoms.